The van der Waals surface area contributed by atoms with Crippen molar-refractivity contribution in [2.24, 2.45) is 50.7 Å². The van der Waals surface area contributed by atoms with Crippen LogP contribution in [0.15, 0.2) is 11.6 Å². The molecule has 0 aliphatic heterocycles. The molecule has 10 atom stereocenters. The van der Waals surface area contributed by atoms with Gasteiger partial charge in [-0.05, 0) is 80.5 Å². The highest BCUT2D eigenvalue weighted by Gasteiger charge is 2.69. The maximum Gasteiger partial charge on any atom is 0.302 e. The van der Waals surface area contributed by atoms with E-state index in [9.17, 15) is 19.2 Å². The average molecular weight is 541 g/mol. The summed E-state index contributed by atoms with van der Waals surface area (Å²) >= 11 is 0. The van der Waals surface area contributed by atoms with E-state index in [1.807, 2.05) is 6.92 Å². The molecule has 5 aliphatic carbocycles. The molecular formula is C33H48O6. The van der Waals surface area contributed by atoms with E-state index in [1.165, 1.54) is 19.4 Å². The number of hydrogen-bond donors (Lipinski definition) is 0. The Bertz CT molecular complexity index is 1120. The molecule has 5 rings (SSSR count). The largest absolute Gasteiger partial charge is 0.462 e. The van der Waals surface area contributed by atoms with E-state index < -0.39 is 5.41 Å². The zero-order valence-corrected chi connectivity index (χ0v) is 25.2. The van der Waals surface area contributed by atoms with Crippen LogP contribution in [0.1, 0.15) is 107 Å². The minimum absolute atomic E-state index is 0.0715. The van der Waals surface area contributed by atoms with Crippen molar-refractivity contribution in [3.05, 3.63) is 11.6 Å². The van der Waals surface area contributed by atoms with E-state index in [0.29, 0.717) is 31.0 Å². The van der Waals surface area contributed by atoms with Gasteiger partial charge in [0.15, 0.2) is 0 Å². The summed E-state index contributed by atoms with van der Waals surface area (Å²) in [5.41, 5.74) is 0.144. The Hall–Kier alpha value is -1.98. The second-order valence-electron chi connectivity index (χ2n) is 15.3. The number of ketones is 1. The second-order valence-corrected chi connectivity index (χ2v) is 15.3. The number of carbonyl (C=O) groups excluding carboxylic acids is 4. The van der Waals surface area contributed by atoms with Crippen LogP contribution < -0.4 is 0 Å². The Balaban J connectivity index is 1.52. The van der Waals surface area contributed by atoms with Crippen LogP contribution in [0.4, 0.5) is 0 Å². The molecule has 0 amide bonds. The van der Waals surface area contributed by atoms with Crippen molar-refractivity contribution >= 4 is 24.0 Å². The van der Waals surface area contributed by atoms with Crippen LogP contribution in [0.5, 0.6) is 0 Å². The molecule has 0 spiro atoms. The molecule has 4 fully saturated rings. The van der Waals surface area contributed by atoms with Crippen LogP contribution in [0, 0.1) is 50.7 Å². The number of allylic oxidation sites excluding steroid dienone is 2. The number of fused-ring (bicyclic) bond motifs is 7. The molecule has 5 aliphatic rings. The molecule has 216 valence electrons. The molecule has 0 aromatic carbocycles. The Kier molecular flexibility index (Phi) is 6.59. The Morgan fingerprint density at radius 3 is 2.15 bits per heavy atom. The van der Waals surface area contributed by atoms with Crippen LogP contribution in [0.25, 0.3) is 0 Å². The quantitative estimate of drug-likeness (QED) is 0.239. The van der Waals surface area contributed by atoms with Gasteiger partial charge in [-0.15, -0.1) is 0 Å². The molecule has 39 heavy (non-hydrogen) atoms. The number of aldehydes is 1. The first-order valence-electron chi connectivity index (χ1n) is 15.1. The van der Waals surface area contributed by atoms with Gasteiger partial charge in [-0.3, -0.25) is 14.4 Å². The van der Waals surface area contributed by atoms with Gasteiger partial charge in [-0.1, -0.05) is 46.3 Å². The van der Waals surface area contributed by atoms with E-state index in [-0.39, 0.29) is 63.6 Å². The van der Waals surface area contributed by atoms with Crippen molar-refractivity contribution in [2.45, 2.75) is 119 Å². The SMILES string of the molecule is CC(=O)O[C@H]1CC2C(=O)C[C@]3(C)C(=CC[C@@H]4[C@@]5(C)CC[C@H](OC(C)=O)[C@@](C)(C=O)[C@@H]5CC[C@]43C)[C@@H]2CC1(C)C. The lowest BCUT2D eigenvalue weighted by molar-refractivity contribution is -0.209. The van der Waals surface area contributed by atoms with Crippen LogP contribution in [-0.2, 0) is 28.7 Å². The standard InChI is InChI=1S/C33H48O6/c1-19(35)38-27-12-13-30(5)25(31(27,6)18-34)11-14-32(7)26(30)10-9-23-22-16-29(3,4)28(39-20(2)36)15-21(22)24(37)17-33(23,32)8/h9,18,21-22,25-28H,10-17H2,1-8H3/t21?,22-,25-,26-,27+,28+,30+,31+,32-,33-/m1/s1. The second kappa shape index (κ2) is 9.01. The molecule has 0 radical (unpaired) electrons. The summed E-state index contributed by atoms with van der Waals surface area (Å²) in [7, 11) is 0. The maximum atomic E-state index is 13.9. The minimum atomic E-state index is -0.711. The minimum Gasteiger partial charge on any atom is -0.462 e. The molecule has 4 saturated carbocycles. The van der Waals surface area contributed by atoms with E-state index >= 15 is 0 Å². The van der Waals surface area contributed by atoms with Crippen molar-refractivity contribution in [2.75, 3.05) is 0 Å². The molecule has 0 saturated heterocycles. The Morgan fingerprint density at radius 1 is 0.897 bits per heavy atom. The molecule has 0 aromatic heterocycles. The van der Waals surface area contributed by atoms with Gasteiger partial charge in [-0.2, -0.15) is 0 Å². The number of rotatable bonds is 3. The lowest BCUT2D eigenvalue weighted by Crippen LogP contribution is -2.65. The van der Waals surface area contributed by atoms with Gasteiger partial charge in [0.1, 0.15) is 24.3 Å². The Morgan fingerprint density at radius 2 is 1.54 bits per heavy atom. The van der Waals surface area contributed by atoms with Crippen molar-refractivity contribution in [1.29, 1.82) is 0 Å². The van der Waals surface area contributed by atoms with Crippen molar-refractivity contribution in [3.63, 3.8) is 0 Å². The van der Waals surface area contributed by atoms with Gasteiger partial charge in [0.25, 0.3) is 0 Å². The fourth-order valence-electron chi connectivity index (χ4n) is 10.8. The number of hydrogen-bond acceptors (Lipinski definition) is 6. The van der Waals surface area contributed by atoms with Gasteiger partial charge >= 0.3 is 11.9 Å². The first-order valence-corrected chi connectivity index (χ1v) is 15.1. The molecule has 0 heterocycles. The summed E-state index contributed by atoms with van der Waals surface area (Å²) in [6, 6.07) is 0. The highest BCUT2D eigenvalue weighted by Crippen LogP contribution is 2.74. The monoisotopic (exact) mass is 540 g/mol. The fraction of sp³-hybridized carbons (Fsp3) is 0.818. The van der Waals surface area contributed by atoms with Gasteiger partial charge in [0, 0.05) is 37.0 Å². The van der Waals surface area contributed by atoms with Crippen LogP contribution >= 0.6 is 0 Å². The maximum absolute atomic E-state index is 13.9. The van der Waals surface area contributed by atoms with Crippen molar-refractivity contribution in [1.82, 2.24) is 0 Å². The topological polar surface area (TPSA) is 86.7 Å². The third kappa shape index (κ3) is 3.93. The molecule has 0 aromatic rings. The van der Waals surface area contributed by atoms with E-state index in [4.69, 9.17) is 9.47 Å². The van der Waals surface area contributed by atoms with Gasteiger partial charge < -0.3 is 14.3 Å². The predicted molar refractivity (Wildman–Crippen MR) is 147 cm³/mol. The number of Topliss-reactive ketones (excluding diaryl/α,β-unsaturated/α-hetero) is 1. The summed E-state index contributed by atoms with van der Waals surface area (Å²) in [5, 5.41) is 0. The summed E-state index contributed by atoms with van der Waals surface area (Å²) in [6.45, 7) is 16.4. The van der Waals surface area contributed by atoms with E-state index in [1.54, 1.807) is 0 Å². The zero-order chi connectivity index (χ0) is 28.8. The van der Waals surface area contributed by atoms with Gasteiger partial charge in [-0.25, -0.2) is 0 Å². The Labute approximate surface area is 234 Å². The van der Waals surface area contributed by atoms with Gasteiger partial charge in [0.05, 0.1) is 5.41 Å². The summed E-state index contributed by atoms with van der Waals surface area (Å²) in [6.07, 6.45) is 9.30. The smallest absolute Gasteiger partial charge is 0.302 e. The molecule has 1 unspecified atom stereocenters. The molecule has 6 nitrogen and oxygen atoms in total. The fourth-order valence-corrected chi connectivity index (χ4v) is 10.8. The summed E-state index contributed by atoms with van der Waals surface area (Å²) in [4.78, 5) is 50.4. The summed E-state index contributed by atoms with van der Waals surface area (Å²) in [5.74, 6) is 0.275. The highest BCUT2D eigenvalue weighted by molar-refractivity contribution is 5.85. The number of esters is 2. The van der Waals surface area contributed by atoms with Crippen LogP contribution in [-0.4, -0.2) is 36.2 Å². The number of ether oxygens (including phenoxy) is 2. The third-order valence-corrected chi connectivity index (χ3v) is 13.0. The van der Waals surface area contributed by atoms with E-state index in [0.717, 1.165) is 38.4 Å². The molecule has 0 bridgehead atoms. The average Bonchev–Trinajstić information content (AvgIpc) is 2.82. The zero-order valence-electron chi connectivity index (χ0n) is 25.2. The molecular weight excluding hydrogens is 492 g/mol. The van der Waals surface area contributed by atoms with Crippen molar-refractivity contribution in [3.8, 4) is 0 Å². The van der Waals surface area contributed by atoms with E-state index in [2.05, 4.69) is 40.7 Å². The van der Waals surface area contributed by atoms with Crippen molar-refractivity contribution < 1.29 is 28.7 Å². The first-order chi connectivity index (χ1) is 18.0. The third-order valence-electron chi connectivity index (χ3n) is 13.0. The molecule has 6 heteroatoms. The first kappa shape index (κ1) is 28.5. The predicted octanol–water partition coefficient (Wildman–Crippen LogP) is 6.25. The van der Waals surface area contributed by atoms with Crippen LogP contribution in [0.3, 0.4) is 0 Å². The summed E-state index contributed by atoms with van der Waals surface area (Å²) < 4.78 is 11.5. The van der Waals surface area contributed by atoms with Gasteiger partial charge in [0.2, 0.25) is 0 Å². The lowest BCUT2D eigenvalue weighted by atomic mass is 9.34. The molecule has 0 N–H and O–H groups in total. The number of carbonyl (C=O) groups is 4. The normalized spacial score (nSPS) is 48.3. The lowest BCUT2D eigenvalue weighted by Gasteiger charge is -2.70. The van der Waals surface area contributed by atoms with Crippen LogP contribution in [0.2, 0.25) is 0 Å². The highest BCUT2D eigenvalue weighted by atomic mass is 16.5.